The fraction of sp³-hybridized carbons (Fsp3) is 0.600. The van der Waals surface area contributed by atoms with Crippen molar-refractivity contribution in [2.75, 3.05) is 13.1 Å². The lowest BCUT2D eigenvalue weighted by molar-refractivity contribution is 0.0693. The van der Waals surface area contributed by atoms with Crippen LogP contribution in [0.15, 0.2) is 12.4 Å². The summed E-state index contributed by atoms with van der Waals surface area (Å²) in [6.07, 6.45) is 5.40. The Labute approximate surface area is 88.9 Å². The van der Waals surface area contributed by atoms with E-state index in [4.69, 9.17) is 5.73 Å². The van der Waals surface area contributed by atoms with Crippen LogP contribution in [0.3, 0.4) is 0 Å². The smallest absolute Gasteiger partial charge is 0.289 e. The lowest BCUT2D eigenvalue weighted by atomic mass is 10.1. The number of likely N-dealkylation sites (tertiary alicyclic amines) is 1. The van der Waals surface area contributed by atoms with Crippen molar-refractivity contribution in [1.29, 1.82) is 0 Å². The molecule has 2 heterocycles. The number of rotatable bonds is 1. The van der Waals surface area contributed by atoms with Gasteiger partial charge in [0.25, 0.3) is 5.91 Å². The number of nitrogens with zero attached hydrogens (tertiary/aromatic N) is 3. The molecule has 2 N–H and O–H groups in total. The number of hydrogen-bond acceptors (Lipinski definition) is 3. The van der Waals surface area contributed by atoms with Crippen molar-refractivity contribution in [1.82, 2.24) is 14.5 Å². The first-order valence-electron chi connectivity index (χ1n) is 5.20. The maximum absolute atomic E-state index is 12.0. The summed E-state index contributed by atoms with van der Waals surface area (Å²) in [7, 11) is 1.82. The number of hydrogen-bond donors (Lipinski definition) is 1. The highest BCUT2D eigenvalue weighted by Crippen LogP contribution is 2.11. The third-order valence-electron chi connectivity index (χ3n) is 2.76. The van der Waals surface area contributed by atoms with Gasteiger partial charge in [-0.1, -0.05) is 0 Å². The van der Waals surface area contributed by atoms with Gasteiger partial charge in [-0.05, 0) is 12.8 Å². The van der Waals surface area contributed by atoms with E-state index in [-0.39, 0.29) is 11.9 Å². The molecule has 1 aliphatic heterocycles. The van der Waals surface area contributed by atoms with Crippen molar-refractivity contribution >= 4 is 5.91 Å². The summed E-state index contributed by atoms with van der Waals surface area (Å²) in [5.41, 5.74) is 5.83. The molecule has 5 nitrogen and oxygen atoms in total. The summed E-state index contributed by atoms with van der Waals surface area (Å²) in [5, 5.41) is 0. The van der Waals surface area contributed by atoms with Crippen LogP contribution in [0.5, 0.6) is 0 Å². The average Bonchev–Trinajstić information content (AvgIpc) is 2.63. The molecule has 0 aliphatic carbocycles. The molecule has 0 aromatic carbocycles. The Kier molecular flexibility index (Phi) is 2.73. The first-order chi connectivity index (χ1) is 7.18. The number of aryl methyl sites for hydroxylation is 1. The van der Waals surface area contributed by atoms with Crippen molar-refractivity contribution in [3.63, 3.8) is 0 Å². The van der Waals surface area contributed by atoms with E-state index in [1.54, 1.807) is 21.9 Å². The summed E-state index contributed by atoms with van der Waals surface area (Å²) < 4.78 is 1.74. The van der Waals surface area contributed by atoms with E-state index in [0.29, 0.717) is 12.4 Å². The van der Waals surface area contributed by atoms with Gasteiger partial charge in [0.05, 0.1) is 0 Å². The van der Waals surface area contributed by atoms with Gasteiger partial charge in [-0.15, -0.1) is 0 Å². The molecule has 2 rings (SSSR count). The van der Waals surface area contributed by atoms with Gasteiger partial charge in [-0.2, -0.15) is 0 Å². The van der Waals surface area contributed by atoms with Crippen LogP contribution in [0.1, 0.15) is 23.5 Å². The fourth-order valence-corrected chi connectivity index (χ4v) is 1.91. The Morgan fingerprint density at radius 3 is 3.07 bits per heavy atom. The Hall–Kier alpha value is -1.36. The van der Waals surface area contributed by atoms with Crippen molar-refractivity contribution in [3.8, 4) is 0 Å². The predicted molar refractivity (Wildman–Crippen MR) is 56.3 cm³/mol. The van der Waals surface area contributed by atoms with Gasteiger partial charge in [-0.3, -0.25) is 4.79 Å². The Bertz CT molecular complexity index is 360. The van der Waals surface area contributed by atoms with Gasteiger partial charge < -0.3 is 15.2 Å². The minimum Gasteiger partial charge on any atom is -0.334 e. The van der Waals surface area contributed by atoms with E-state index in [2.05, 4.69) is 4.98 Å². The van der Waals surface area contributed by atoms with Crippen molar-refractivity contribution in [3.05, 3.63) is 18.2 Å². The van der Waals surface area contributed by atoms with Gasteiger partial charge in [0.2, 0.25) is 0 Å². The second-order valence-corrected chi connectivity index (χ2v) is 4.02. The van der Waals surface area contributed by atoms with Crippen LogP contribution >= 0.6 is 0 Å². The van der Waals surface area contributed by atoms with Crippen LogP contribution in [0, 0.1) is 0 Å². The van der Waals surface area contributed by atoms with E-state index >= 15 is 0 Å². The van der Waals surface area contributed by atoms with Crippen LogP contribution in [0.25, 0.3) is 0 Å². The number of carbonyl (C=O) groups is 1. The molecule has 1 fully saturated rings. The lowest BCUT2D eigenvalue weighted by Crippen LogP contribution is -2.46. The summed E-state index contributed by atoms with van der Waals surface area (Å²) >= 11 is 0. The summed E-state index contributed by atoms with van der Waals surface area (Å²) in [6, 6.07) is 0.114. The zero-order valence-corrected chi connectivity index (χ0v) is 8.89. The van der Waals surface area contributed by atoms with Gasteiger partial charge in [0, 0.05) is 38.6 Å². The second kappa shape index (κ2) is 4.02. The van der Waals surface area contributed by atoms with Crippen LogP contribution < -0.4 is 5.73 Å². The lowest BCUT2D eigenvalue weighted by Gasteiger charge is -2.30. The highest BCUT2D eigenvalue weighted by molar-refractivity contribution is 5.90. The van der Waals surface area contributed by atoms with Crippen LogP contribution in [-0.2, 0) is 7.05 Å². The van der Waals surface area contributed by atoms with Crippen LogP contribution in [0.4, 0.5) is 0 Å². The Balaban J connectivity index is 2.11. The molecule has 1 amide bonds. The molecule has 5 heteroatoms. The maximum atomic E-state index is 12.0. The number of piperidine rings is 1. The van der Waals surface area contributed by atoms with Crippen LogP contribution in [-0.4, -0.2) is 39.5 Å². The third kappa shape index (κ3) is 2.02. The first kappa shape index (κ1) is 10.2. The van der Waals surface area contributed by atoms with Crippen LogP contribution in [0.2, 0.25) is 0 Å². The molecule has 1 saturated heterocycles. The predicted octanol–water partition coefficient (Wildman–Crippen LogP) is -0.0166. The van der Waals surface area contributed by atoms with E-state index in [0.717, 1.165) is 19.4 Å². The Morgan fingerprint density at radius 1 is 1.67 bits per heavy atom. The van der Waals surface area contributed by atoms with E-state index in [9.17, 15) is 4.79 Å². The van der Waals surface area contributed by atoms with Gasteiger partial charge >= 0.3 is 0 Å². The topological polar surface area (TPSA) is 64.2 Å². The molecular formula is C10H16N4O. The highest BCUT2D eigenvalue weighted by Gasteiger charge is 2.24. The monoisotopic (exact) mass is 208 g/mol. The molecule has 0 radical (unpaired) electrons. The summed E-state index contributed by atoms with van der Waals surface area (Å²) in [4.78, 5) is 17.8. The molecule has 0 saturated carbocycles. The number of imidazole rings is 1. The molecule has 0 bridgehead atoms. The van der Waals surface area contributed by atoms with Crippen molar-refractivity contribution < 1.29 is 4.79 Å². The molecule has 1 aromatic heterocycles. The van der Waals surface area contributed by atoms with Crippen molar-refractivity contribution in [2.45, 2.75) is 18.9 Å². The summed E-state index contributed by atoms with van der Waals surface area (Å²) in [6.45, 7) is 1.44. The fourth-order valence-electron chi connectivity index (χ4n) is 1.91. The normalized spacial score (nSPS) is 21.7. The molecular weight excluding hydrogens is 192 g/mol. The number of amides is 1. The number of carbonyl (C=O) groups excluding carboxylic acids is 1. The van der Waals surface area contributed by atoms with E-state index in [1.807, 2.05) is 7.05 Å². The van der Waals surface area contributed by atoms with E-state index in [1.165, 1.54) is 0 Å². The SMILES string of the molecule is Cn1ccnc1C(=O)N1CCCC(N)C1. The number of nitrogens with two attached hydrogens (primary N) is 1. The number of aromatic nitrogens is 2. The maximum Gasteiger partial charge on any atom is 0.289 e. The van der Waals surface area contributed by atoms with Gasteiger partial charge in [-0.25, -0.2) is 4.98 Å². The summed E-state index contributed by atoms with van der Waals surface area (Å²) in [5.74, 6) is 0.474. The molecule has 1 atom stereocenters. The van der Waals surface area contributed by atoms with Crippen molar-refractivity contribution in [2.24, 2.45) is 12.8 Å². The second-order valence-electron chi connectivity index (χ2n) is 4.02. The zero-order valence-electron chi connectivity index (χ0n) is 8.89. The quantitative estimate of drug-likeness (QED) is 0.705. The van der Waals surface area contributed by atoms with Gasteiger partial charge in [0.15, 0.2) is 5.82 Å². The molecule has 1 unspecified atom stereocenters. The standard InChI is InChI=1S/C10H16N4O/c1-13-6-4-12-9(13)10(15)14-5-2-3-8(11)7-14/h4,6,8H,2-3,5,7,11H2,1H3. The van der Waals surface area contributed by atoms with Gasteiger partial charge in [0.1, 0.15) is 0 Å². The van der Waals surface area contributed by atoms with E-state index < -0.39 is 0 Å². The third-order valence-corrected chi connectivity index (χ3v) is 2.76. The highest BCUT2D eigenvalue weighted by atomic mass is 16.2. The zero-order chi connectivity index (χ0) is 10.8. The first-order valence-corrected chi connectivity index (χ1v) is 5.20. The minimum absolute atomic E-state index is 0.0161. The molecule has 82 valence electrons. The molecule has 15 heavy (non-hydrogen) atoms. The molecule has 0 spiro atoms. The molecule has 1 aliphatic rings. The molecule has 1 aromatic rings. The minimum atomic E-state index is -0.0161. The Morgan fingerprint density at radius 2 is 2.47 bits per heavy atom. The average molecular weight is 208 g/mol. The largest absolute Gasteiger partial charge is 0.334 e.